The van der Waals surface area contributed by atoms with Crippen molar-refractivity contribution in [3.05, 3.63) is 29.8 Å². The molecule has 0 saturated heterocycles. The normalized spacial score (nSPS) is 18.9. The van der Waals surface area contributed by atoms with Crippen LogP contribution in [0.2, 0.25) is 0 Å². The van der Waals surface area contributed by atoms with Crippen LogP contribution in [-0.2, 0) is 9.63 Å². The van der Waals surface area contributed by atoms with Gasteiger partial charge >= 0.3 is 0 Å². The predicted octanol–water partition coefficient (Wildman–Crippen LogP) is 2.10. The lowest BCUT2D eigenvalue weighted by Crippen LogP contribution is -2.39. The van der Waals surface area contributed by atoms with Gasteiger partial charge < -0.3 is 14.9 Å². The average Bonchev–Trinajstić information content (AvgIpc) is 2.96. The lowest BCUT2D eigenvalue weighted by atomic mass is 10.0. The van der Waals surface area contributed by atoms with Crippen molar-refractivity contribution in [2.45, 2.75) is 38.8 Å². The van der Waals surface area contributed by atoms with E-state index in [1.807, 2.05) is 38.1 Å². The van der Waals surface area contributed by atoms with E-state index < -0.39 is 6.10 Å². The summed E-state index contributed by atoms with van der Waals surface area (Å²) in [6.07, 6.45) is 0.797. The SMILES string of the molecule is CC[C@H](C)NC(=O)[C@@H]1CC(c2ccccc2OC)=NO1. The Bertz CT molecular complexity index is 514. The van der Waals surface area contributed by atoms with E-state index >= 15 is 0 Å². The molecule has 0 radical (unpaired) electrons. The number of nitrogens with one attached hydrogen (secondary N) is 1. The van der Waals surface area contributed by atoms with Crippen LogP contribution in [0.4, 0.5) is 0 Å². The lowest BCUT2D eigenvalue weighted by Gasteiger charge is -2.14. The Morgan fingerprint density at radius 3 is 3.00 bits per heavy atom. The smallest absolute Gasteiger partial charge is 0.264 e. The third-order valence-corrected chi connectivity index (χ3v) is 3.38. The number of benzene rings is 1. The molecule has 0 spiro atoms. The van der Waals surface area contributed by atoms with E-state index in [4.69, 9.17) is 9.57 Å². The highest BCUT2D eigenvalue weighted by Crippen LogP contribution is 2.24. The molecule has 5 nitrogen and oxygen atoms in total. The number of para-hydroxylation sites is 1. The Kier molecular flexibility index (Phi) is 4.61. The van der Waals surface area contributed by atoms with E-state index in [0.29, 0.717) is 6.42 Å². The van der Waals surface area contributed by atoms with Gasteiger partial charge in [-0.3, -0.25) is 4.79 Å². The van der Waals surface area contributed by atoms with E-state index in [9.17, 15) is 4.79 Å². The van der Waals surface area contributed by atoms with Crippen molar-refractivity contribution in [1.29, 1.82) is 0 Å². The van der Waals surface area contributed by atoms with Crippen LogP contribution in [0.25, 0.3) is 0 Å². The van der Waals surface area contributed by atoms with Crippen molar-refractivity contribution in [1.82, 2.24) is 5.32 Å². The van der Waals surface area contributed by atoms with Crippen LogP contribution in [0.1, 0.15) is 32.3 Å². The van der Waals surface area contributed by atoms with Gasteiger partial charge in [-0.25, -0.2) is 0 Å². The first-order valence-electron chi connectivity index (χ1n) is 6.82. The van der Waals surface area contributed by atoms with Crippen molar-refractivity contribution >= 4 is 11.6 Å². The van der Waals surface area contributed by atoms with Crippen LogP contribution < -0.4 is 10.1 Å². The standard InChI is InChI=1S/C15H20N2O3/c1-4-10(2)16-15(18)14-9-12(17-20-14)11-7-5-6-8-13(11)19-3/h5-8,10,14H,4,9H2,1-3H3,(H,16,18)/t10-,14-/m0/s1. The van der Waals surface area contributed by atoms with E-state index in [0.717, 1.165) is 23.4 Å². The summed E-state index contributed by atoms with van der Waals surface area (Å²) >= 11 is 0. The summed E-state index contributed by atoms with van der Waals surface area (Å²) < 4.78 is 5.30. The molecule has 0 unspecified atom stereocenters. The number of rotatable bonds is 5. The van der Waals surface area contributed by atoms with E-state index in [2.05, 4.69) is 10.5 Å². The molecule has 1 N–H and O–H groups in total. The molecule has 0 aliphatic carbocycles. The molecular formula is C15H20N2O3. The molecule has 20 heavy (non-hydrogen) atoms. The molecule has 0 saturated carbocycles. The van der Waals surface area contributed by atoms with Crippen molar-refractivity contribution < 1.29 is 14.4 Å². The van der Waals surface area contributed by atoms with Gasteiger partial charge in [0.05, 0.1) is 12.8 Å². The lowest BCUT2D eigenvalue weighted by molar-refractivity contribution is -0.131. The highest BCUT2D eigenvalue weighted by molar-refractivity contribution is 6.05. The van der Waals surface area contributed by atoms with Crippen LogP contribution in [0.15, 0.2) is 29.4 Å². The number of carbonyl (C=O) groups excluding carboxylic acids is 1. The molecular weight excluding hydrogens is 256 g/mol. The largest absolute Gasteiger partial charge is 0.496 e. The monoisotopic (exact) mass is 276 g/mol. The minimum Gasteiger partial charge on any atom is -0.496 e. The molecule has 2 atom stereocenters. The second kappa shape index (κ2) is 6.41. The van der Waals surface area contributed by atoms with Gasteiger partial charge in [-0.15, -0.1) is 0 Å². The quantitative estimate of drug-likeness (QED) is 0.896. The Morgan fingerprint density at radius 2 is 2.30 bits per heavy atom. The third kappa shape index (κ3) is 3.10. The van der Waals surface area contributed by atoms with Crippen LogP contribution in [-0.4, -0.2) is 30.9 Å². The summed E-state index contributed by atoms with van der Waals surface area (Å²) in [5, 5.41) is 6.93. The summed E-state index contributed by atoms with van der Waals surface area (Å²) in [6, 6.07) is 7.72. The van der Waals surface area contributed by atoms with Crippen molar-refractivity contribution in [2.24, 2.45) is 5.16 Å². The second-order valence-electron chi connectivity index (χ2n) is 4.85. The topological polar surface area (TPSA) is 59.9 Å². The zero-order valence-electron chi connectivity index (χ0n) is 12.1. The van der Waals surface area contributed by atoms with Gasteiger partial charge in [-0.05, 0) is 25.5 Å². The fraction of sp³-hybridized carbons (Fsp3) is 0.467. The van der Waals surface area contributed by atoms with Gasteiger partial charge in [-0.2, -0.15) is 0 Å². The maximum atomic E-state index is 12.0. The molecule has 5 heteroatoms. The van der Waals surface area contributed by atoms with E-state index in [1.165, 1.54) is 0 Å². The van der Waals surface area contributed by atoms with Gasteiger partial charge in [-0.1, -0.05) is 24.2 Å². The van der Waals surface area contributed by atoms with E-state index in [1.54, 1.807) is 7.11 Å². The van der Waals surface area contributed by atoms with Crippen molar-refractivity contribution in [2.75, 3.05) is 7.11 Å². The molecule has 1 heterocycles. The maximum Gasteiger partial charge on any atom is 0.264 e. The average molecular weight is 276 g/mol. The number of methoxy groups -OCH3 is 1. The van der Waals surface area contributed by atoms with Crippen LogP contribution >= 0.6 is 0 Å². The molecule has 108 valence electrons. The fourth-order valence-corrected chi connectivity index (χ4v) is 2.00. The zero-order chi connectivity index (χ0) is 14.5. The predicted molar refractivity (Wildman–Crippen MR) is 76.9 cm³/mol. The molecule has 1 aliphatic rings. The zero-order valence-corrected chi connectivity index (χ0v) is 12.1. The summed E-state index contributed by atoms with van der Waals surface area (Å²) in [6.45, 7) is 3.99. The molecule has 1 aliphatic heterocycles. The Hall–Kier alpha value is -2.04. The Balaban J connectivity index is 2.03. The third-order valence-electron chi connectivity index (χ3n) is 3.38. The molecule has 2 rings (SSSR count). The van der Waals surface area contributed by atoms with Gasteiger partial charge in [0.15, 0.2) is 0 Å². The molecule has 0 bridgehead atoms. The van der Waals surface area contributed by atoms with Crippen LogP contribution in [0.3, 0.4) is 0 Å². The van der Waals surface area contributed by atoms with Crippen LogP contribution in [0.5, 0.6) is 5.75 Å². The first kappa shape index (κ1) is 14.4. The van der Waals surface area contributed by atoms with Crippen molar-refractivity contribution in [3.63, 3.8) is 0 Å². The number of amides is 1. The molecule has 1 amide bonds. The summed E-state index contributed by atoms with van der Waals surface area (Å²) in [4.78, 5) is 17.3. The molecule has 1 aromatic carbocycles. The van der Waals surface area contributed by atoms with Gasteiger partial charge in [0, 0.05) is 18.0 Å². The molecule has 1 aromatic rings. The minimum absolute atomic E-state index is 0.118. The van der Waals surface area contributed by atoms with Crippen molar-refractivity contribution in [3.8, 4) is 5.75 Å². The van der Waals surface area contributed by atoms with Gasteiger partial charge in [0.1, 0.15) is 5.75 Å². The number of nitrogens with zero attached hydrogens (tertiary/aromatic N) is 1. The van der Waals surface area contributed by atoms with Gasteiger partial charge in [0.25, 0.3) is 5.91 Å². The molecule has 0 fully saturated rings. The first-order chi connectivity index (χ1) is 9.65. The first-order valence-corrected chi connectivity index (χ1v) is 6.82. The highest BCUT2D eigenvalue weighted by Gasteiger charge is 2.30. The Labute approximate surface area is 118 Å². The number of ether oxygens (including phenoxy) is 1. The number of oxime groups is 1. The summed E-state index contributed by atoms with van der Waals surface area (Å²) in [5.74, 6) is 0.617. The van der Waals surface area contributed by atoms with E-state index in [-0.39, 0.29) is 11.9 Å². The van der Waals surface area contributed by atoms with Crippen LogP contribution in [0, 0.1) is 0 Å². The number of hydrogen-bond acceptors (Lipinski definition) is 4. The van der Waals surface area contributed by atoms with Gasteiger partial charge in [0.2, 0.25) is 6.10 Å². The number of carbonyl (C=O) groups is 1. The fourth-order valence-electron chi connectivity index (χ4n) is 2.00. The highest BCUT2D eigenvalue weighted by atomic mass is 16.6. The summed E-state index contributed by atoms with van der Waals surface area (Å²) in [5.41, 5.74) is 1.61. The minimum atomic E-state index is -0.552. The number of hydrogen-bond donors (Lipinski definition) is 1. The maximum absolute atomic E-state index is 12.0. The summed E-state index contributed by atoms with van der Waals surface area (Å²) in [7, 11) is 1.61. The molecule has 0 aromatic heterocycles. The second-order valence-corrected chi connectivity index (χ2v) is 4.85. The Morgan fingerprint density at radius 1 is 1.55 bits per heavy atom.